The summed E-state index contributed by atoms with van der Waals surface area (Å²) in [6.45, 7) is -0.234. The summed E-state index contributed by atoms with van der Waals surface area (Å²) in [5.41, 5.74) is 0. The molecule has 7 heavy (non-hydrogen) atoms. The topological polar surface area (TPSA) is 35.2 Å². The summed E-state index contributed by atoms with van der Waals surface area (Å²) in [5.74, 6) is 4.40. The van der Waals surface area contributed by atoms with E-state index in [1.54, 1.807) is 0 Å². The molecule has 2 nitrogen and oxygen atoms in total. The van der Waals surface area contributed by atoms with Crippen molar-refractivity contribution in [3.05, 3.63) is 12.2 Å². The molecule has 42 valence electrons. The maximum absolute atomic E-state index is 10.9. The van der Waals surface area contributed by atoms with Crippen molar-refractivity contribution in [2.24, 2.45) is 5.90 Å². The van der Waals surface area contributed by atoms with Crippen LogP contribution in [-0.2, 0) is 4.84 Å². The Morgan fingerprint density at radius 3 is 2.43 bits per heavy atom. The van der Waals surface area contributed by atoms with Gasteiger partial charge in [0.15, 0.2) is 0 Å². The average Bonchev–Trinajstić information content (AvgIpc) is 1.61. The van der Waals surface area contributed by atoms with Gasteiger partial charge >= 0.3 is 0 Å². The molecule has 0 saturated carbocycles. The zero-order chi connectivity index (χ0) is 5.70. The van der Waals surface area contributed by atoms with Crippen molar-refractivity contribution in [1.82, 2.24) is 0 Å². The van der Waals surface area contributed by atoms with Gasteiger partial charge in [0.1, 0.15) is 0 Å². The van der Waals surface area contributed by atoms with Crippen molar-refractivity contribution in [2.45, 2.75) is 0 Å². The van der Waals surface area contributed by atoms with Crippen molar-refractivity contribution < 1.29 is 13.6 Å². The molecule has 0 aromatic rings. The van der Waals surface area contributed by atoms with Crippen molar-refractivity contribution in [2.75, 3.05) is 6.61 Å². The van der Waals surface area contributed by atoms with Gasteiger partial charge in [0, 0.05) is 6.08 Å². The summed E-state index contributed by atoms with van der Waals surface area (Å²) in [7, 11) is 0. The van der Waals surface area contributed by atoms with Crippen LogP contribution in [-0.4, -0.2) is 6.61 Å². The van der Waals surface area contributed by atoms with Crippen molar-refractivity contribution in [3.63, 3.8) is 0 Å². The molecule has 0 saturated heterocycles. The Hall–Kier alpha value is -0.480. The second-order valence-electron chi connectivity index (χ2n) is 0.827. The van der Waals surface area contributed by atoms with E-state index in [0.717, 1.165) is 0 Å². The Kier molecular flexibility index (Phi) is 3.45. The molecule has 0 amide bonds. The molecular formula is C3H5F2NO. The average molecular weight is 109 g/mol. The first-order chi connectivity index (χ1) is 3.27. The van der Waals surface area contributed by atoms with Gasteiger partial charge < -0.3 is 4.84 Å². The summed E-state index contributed by atoms with van der Waals surface area (Å²) in [6, 6.07) is 0. The van der Waals surface area contributed by atoms with E-state index in [4.69, 9.17) is 0 Å². The fourth-order valence-electron chi connectivity index (χ4n) is 0.111. The van der Waals surface area contributed by atoms with Crippen LogP contribution in [0.4, 0.5) is 8.78 Å². The maximum atomic E-state index is 10.9. The van der Waals surface area contributed by atoms with Crippen LogP contribution in [0.1, 0.15) is 0 Å². The summed E-state index contributed by atoms with van der Waals surface area (Å²) >= 11 is 0. The molecule has 0 bridgehead atoms. The summed E-state index contributed by atoms with van der Waals surface area (Å²) < 4.78 is 21.9. The van der Waals surface area contributed by atoms with Gasteiger partial charge in [-0.25, -0.2) is 5.90 Å². The highest BCUT2D eigenvalue weighted by Crippen LogP contribution is 1.93. The van der Waals surface area contributed by atoms with E-state index < -0.39 is 6.08 Å². The Morgan fingerprint density at radius 1 is 1.71 bits per heavy atom. The number of hydrogen-bond acceptors (Lipinski definition) is 2. The molecule has 0 aliphatic carbocycles. The lowest BCUT2D eigenvalue weighted by Gasteiger charge is -1.82. The van der Waals surface area contributed by atoms with Gasteiger partial charge in [-0.15, -0.1) is 0 Å². The molecule has 0 fully saturated rings. The fourth-order valence-corrected chi connectivity index (χ4v) is 0.111. The Labute approximate surface area is 39.5 Å². The third-order valence-corrected chi connectivity index (χ3v) is 0.334. The molecule has 4 heteroatoms. The van der Waals surface area contributed by atoms with E-state index in [0.29, 0.717) is 6.08 Å². The van der Waals surface area contributed by atoms with Gasteiger partial charge in [0.25, 0.3) is 6.08 Å². The second kappa shape index (κ2) is 3.70. The Morgan fingerprint density at radius 2 is 2.29 bits per heavy atom. The summed E-state index contributed by atoms with van der Waals surface area (Å²) in [6.07, 6.45) is -1.19. The molecule has 0 aliphatic rings. The van der Waals surface area contributed by atoms with E-state index in [1.165, 1.54) is 0 Å². The van der Waals surface area contributed by atoms with Crippen LogP contribution < -0.4 is 5.90 Å². The highest BCUT2D eigenvalue weighted by Gasteiger charge is 1.82. The number of halogens is 2. The molecule has 0 aromatic heterocycles. The molecule has 0 aromatic carbocycles. The minimum atomic E-state index is -1.77. The molecule has 0 atom stereocenters. The zero-order valence-corrected chi connectivity index (χ0v) is 3.53. The van der Waals surface area contributed by atoms with Gasteiger partial charge in [0.05, 0.1) is 6.61 Å². The summed E-state index contributed by atoms with van der Waals surface area (Å²) in [5, 5.41) is 0. The lowest BCUT2D eigenvalue weighted by atomic mass is 10.7. The Bertz CT molecular complexity index is 69.3. The second-order valence-corrected chi connectivity index (χ2v) is 0.827. The molecule has 2 N–H and O–H groups in total. The van der Waals surface area contributed by atoms with Crippen LogP contribution in [0, 0.1) is 0 Å². The molecule has 0 spiro atoms. The van der Waals surface area contributed by atoms with Crippen LogP contribution in [0.3, 0.4) is 0 Å². The SMILES string of the molecule is NOCC=C(F)F. The molecular weight excluding hydrogens is 104 g/mol. The number of nitrogens with two attached hydrogens (primary N) is 1. The van der Waals surface area contributed by atoms with Crippen LogP contribution in [0.5, 0.6) is 0 Å². The van der Waals surface area contributed by atoms with Crippen molar-refractivity contribution in [3.8, 4) is 0 Å². The molecule has 0 radical (unpaired) electrons. The number of rotatable bonds is 2. The van der Waals surface area contributed by atoms with Gasteiger partial charge in [-0.1, -0.05) is 0 Å². The smallest absolute Gasteiger partial charge is 0.268 e. The van der Waals surface area contributed by atoms with Crippen LogP contribution in [0.25, 0.3) is 0 Å². The first-order valence-corrected chi connectivity index (χ1v) is 1.60. The highest BCUT2D eigenvalue weighted by atomic mass is 19.3. The largest absolute Gasteiger partial charge is 0.300 e. The minimum absolute atomic E-state index is 0.234. The van der Waals surface area contributed by atoms with E-state index in [9.17, 15) is 8.78 Å². The van der Waals surface area contributed by atoms with Gasteiger partial charge in [-0.2, -0.15) is 8.78 Å². The van der Waals surface area contributed by atoms with E-state index in [-0.39, 0.29) is 6.61 Å². The van der Waals surface area contributed by atoms with Crippen LogP contribution in [0.15, 0.2) is 12.2 Å². The predicted octanol–water partition coefficient (Wildman–Crippen LogP) is 0.657. The molecule has 0 aliphatic heterocycles. The predicted molar refractivity (Wildman–Crippen MR) is 20.4 cm³/mol. The zero-order valence-electron chi connectivity index (χ0n) is 3.53. The first-order valence-electron chi connectivity index (χ1n) is 1.60. The lowest BCUT2D eigenvalue weighted by molar-refractivity contribution is 0.164. The monoisotopic (exact) mass is 109 g/mol. The quantitative estimate of drug-likeness (QED) is 0.528. The standard InChI is InChI=1S/C3H5F2NO/c4-3(5)1-2-7-6/h1H,2,6H2. The van der Waals surface area contributed by atoms with Gasteiger partial charge in [-0.3, -0.25) is 0 Å². The molecule has 0 rings (SSSR count). The van der Waals surface area contributed by atoms with E-state index >= 15 is 0 Å². The Balaban J connectivity index is 3.08. The van der Waals surface area contributed by atoms with E-state index in [1.807, 2.05) is 0 Å². The first kappa shape index (κ1) is 6.52. The van der Waals surface area contributed by atoms with E-state index in [2.05, 4.69) is 10.7 Å². The minimum Gasteiger partial charge on any atom is -0.300 e. The third-order valence-electron chi connectivity index (χ3n) is 0.334. The maximum Gasteiger partial charge on any atom is 0.268 e. The third kappa shape index (κ3) is 5.52. The van der Waals surface area contributed by atoms with Crippen LogP contribution >= 0.6 is 0 Å². The summed E-state index contributed by atoms with van der Waals surface area (Å²) in [4.78, 5) is 3.80. The highest BCUT2D eigenvalue weighted by molar-refractivity contribution is 4.78. The molecule has 0 unspecified atom stereocenters. The van der Waals surface area contributed by atoms with Crippen molar-refractivity contribution in [1.29, 1.82) is 0 Å². The normalized spacial score (nSPS) is 8.43. The van der Waals surface area contributed by atoms with Crippen molar-refractivity contribution >= 4 is 0 Å². The van der Waals surface area contributed by atoms with Gasteiger partial charge in [-0.05, 0) is 0 Å². The van der Waals surface area contributed by atoms with Gasteiger partial charge in [0.2, 0.25) is 0 Å². The van der Waals surface area contributed by atoms with Crippen LogP contribution in [0.2, 0.25) is 0 Å². The molecule has 0 heterocycles. The number of hydrogen-bond donors (Lipinski definition) is 1. The lowest BCUT2D eigenvalue weighted by Crippen LogP contribution is -1.97. The fraction of sp³-hybridized carbons (Fsp3) is 0.333.